The molecule has 184 valence electrons. The Morgan fingerprint density at radius 3 is 2.57 bits per heavy atom. The number of amides is 4. The minimum atomic E-state index is -1.02. The van der Waals surface area contributed by atoms with Gasteiger partial charge in [-0.15, -0.1) is 0 Å². The maximum atomic E-state index is 13.7. The Balaban J connectivity index is 1.29. The summed E-state index contributed by atoms with van der Waals surface area (Å²) in [6, 6.07) is 13.9. The lowest BCUT2D eigenvalue weighted by Gasteiger charge is -2.38. The molecule has 7 nitrogen and oxygen atoms in total. The SMILES string of the molecule is CC(CNC(=O)N1C(=O)NCC1c1ccc(F)c(F)c1)CN1CCC(C#N)(c2ccccc2)CC1. The van der Waals surface area contributed by atoms with E-state index < -0.39 is 35.2 Å². The molecular formula is C26H29F2N5O2. The molecule has 2 aliphatic heterocycles. The number of imide groups is 1. The average molecular weight is 482 g/mol. The quantitative estimate of drug-likeness (QED) is 0.654. The van der Waals surface area contributed by atoms with Crippen molar-refractivity contribution in [2.24, 2.45) is 5.92 Å². The molecule has 2 saturated heterocycles. The number of nitrogens with one attached hydrogen (secondary N) is 2. The van der Waals surface area contributed by atoms with Crippen molar-refractivity contribution >= 4 is 12.1 Å². The molecule has 2 aliphatic rings. The number of nitrogens with zero attached hydrogens (tertiary/aromatic N) is 3. The molecule has 4 rings (SSSR count). The van der Waals surface area contributed by atoms with Gasteiger partial charge in [0.15, 0.2) is 11.6 Å². The molecule has 35 heavy (non-hydrogen) atoms. The molecule has 2 atom stereocenters. The maximum absolute atomic E-state index is 13.7. The highest BCUT2D eigenvalue weighted by molar-refractivity contribution is 5.95. The summed E-state index contributed by atoms with van der Waals surface area (Å²) in [4.78, 5) is 28.4. The predicted octanol–water partition coefficient (Wildman–Crippen LogP) is 3.93. The minimum absolute atomic E-state index is 0.109. The summed E-state index contributed by atoms with van der Waals surface area (Å²) in [7, 11) is 0. The van der Waals surface area contributed by atoms with Crippen LogP contribution in [0.15, 0.2) is 48.5 Å². The van der Waals surface area contributed by atoms with Crippen molar-refractivity contribution in [1.29, 1.82) is 5.26 Å². The highest BCUT2D eigenvalue weighted by Crippen LogP contribution is 2.35. The van der Waals surface area contributed by atoms with E-state index in [0.29, 0.717) is 12.1 Å². The van der Waals surface area contributed by atoms with E-state index in [1.54, 1.807) is 0 Å². The van der Waals surface area contributed by atoms with Crippen molar-refractivity contribution in [1.82, 2.24) is 20.4 Å². The van der Waals surface area contributed by atoms with E-state index in [1.807, 2.05) is 37.3 Å². The molecule has 2 aromatic carbocycles. The van der Waals surface area contributed by atoms with Gasteiger partial charge in [0.05, 0.1) is 17.5 Å². The molecule has 2 heterocycles. The third-order valence-electron chi connectivity index (χ3n) is 6.95. The Hall–Kier alpha value is -3.51. The molecule has 9 heteroatoms. The Labute approximate surface area is 203 Å². The molecule has 2 aromatic rings. The van der Waals surface area contributed by atoms with Gasteiger partial charge in [-0.1, -0.05) is 43.3 Å². The molecule has 0 bridgehead atoms. The van der Waals surface area contributed by atoms with Crippen molar-refractivity contribution in [2.75, 3.05) is 32.7 Å². The van der Waals surface area contributed by atoms with Crippen LogP contribution in [0.3, 0.4) is 0 Å². The number of hydrogen-bond acceptors (Lipinski definition) is 4. The van der Waals surface area contributed by atoms with Crippen molar-refractivity contribution in [3.63, 3.8) is 0 Å². The smallest absolute Gasteiger partial charge is 0.326 e. The van der Waals surface area contributed by atoms with Crippen LogP contribution in [0.2, 0.25) is 0 Å². The summed E-state index contributed by atoms with van der Waals surface area (Å²) < 4.78 is 27.0. The van der Waals surface area contributed by atoms with Crippen molar-refractivity contribution < 1.29 is 18.4 Å². The van der Waals surface area contributed by atoms with E-state index >= 15 is 0 Å². The van der Waals surface area contributed by atoms with Gasteiger partial charge in [0.1, 0.15) is 0 Å². The van der Waals surface area contributed by atoms with E-state index in [1.165, 1.54) is 6.07 Å². The third-order valence-corrected chi connectivity index (χ3v) is 6.95. The number of likely N-dealkylation sites (tertiary alicyclic amines) is 1. The Morgan fingerprint density at radius 2 is 1.91 bits per heavy atom. The molecule has 0 spiro atoms. The van der Waals surface area contributed by atoms with Crippen LogP contribution in [0.4, 0.5) is 18.4 Å². The largest absolute Gasteiger partial charge is 0.337 e. The van der Waals surface area contributed by atoms with Crippen molar-refractivity contribution in [2.45, 2.75) is 31.2 Å². The zero-order valence-electron chi connectivity index (χ0n) is 19.6. The molecule has 4 amide bonds. The summed E-state index contributed by atoms with van der Waals surface area (Å²) in [5, 5.41) is 15.3. The van der Waals surface area contributed by atoms with Crippen molar-refractivity contribution in [3.05, 3.63) is 71.3 Å². The van der Waals surface area contributed by atoms with Crippen LogP contribution in [0.25, 0.3) is 0 Å². The Morgan fingerprint density at radius 1 is 1.20 bits per heavy atom. The average Bonchev–Trinajstić information content (AvgIpc) is 3.27. The molecule has 0 radical (unpaired) electrons. The Bertz CT molecular complexity index is 1110. The molecular weight excluding hydrogens is 452 g/mol. The third kappa shape index (κ3) is 5.28. The highest BCUT2D eigenvalue weighted by Gasteiger charge is 2.38. The van der Waals surface area contributed by atoms with Crippen LogP contribution in [0, 0.1) is 28.9 Å². The summed E-state index contributed by atoms with van der Waals surface area (Å²) in [6.07, 6.45) is 1.49. The summed E-state index contributed by atoms with van der Waals surface area (Å²) >= 11 is 0. The fraction of sp³-hybridized carbons (Fsp3) is 0.423. The molecule has 2 unspecified atom stereocenters. The summed E-state index contributed by atoms with van der Waals surface area (Å²) in [5.41, 5.74) is 0.938. The van der Waals surface area contributed by atoms with Gasteiger partial charge in [-0.3, -0.25) is 0 Å². The normalized spacial score (nSPS) is 20.7. The number of piperidine rings is 1. The number of urea groups is 2. The highest BCUT2D eigenvalue weighted by atomic mass is 19.2. The predicted molar refractivity (Wildman–Crippen MR) is 126 cm³/mol. The monoisotopic (exact) mass is 481 g/mol. The lowest BCUT2D eigenvalue weighted by Crippen LogP contribution is -2.47. The van der Waals surface area contributed by atoms with Gasteiger partial charge in [0, 0.05) is 19.6 Å². The van der Waals surface area contributed by atoms with Crippen LogP contribution in [-0.4, -0.2) is 54.6 Å². The fourth-order valence-electron chi connectivity index (χ4n) is 4.91. The second-order valence-corrected chi connectivity index (χ2v) is 9.40. The molecule has 0 aliphatic carbocycles. The first-order valence-corrected chi connectivity index (χ1v) is 11.8. The second-order valence-electron chi connectivity index (χ2n) is 9.40. The number of carbonyl (C=O) groups excluding carboxylic acids is 2. The number of nitriles is 1. The van der Waals surface area contributed by atoms with Crippen LogP contribution in [0.5, 0.6) is 0 Å². The molecule has 0 saturated carbocycles. The van der Waals surface area contributed by atoms with Crippen LogP contribution >= 0.6 is 0 Å². The zero-order valence-corrected chi connectivity index (χ0v) is 19.6. The van der Waals surface area contributed by atoms with Gasteiger partial charge in [-0.05, 0) is 55.1 Å². The Kier molecular flexibility index (Phi) is 7.31. The number of hydrogen-bond donors (Lipinski definition) is 2. The minimum Gasteiger partial charge on any atom is -0.337 e. The fourth-order valence-corrected chi connectivity index (χ4v) is 4.91. The maximum Gasteiger partial charge on any atom is 0.326 e. The molecule has 2 N–H and O–H groups in total. The lowest BCUT2D eigenvalue weighted by atomic mass is 9.74. The number of halogens is 2. The van der Waals surface area contributed by atoms with Gasteiger partial charge in [0.25, 0.3) is 0 Å². The van der Waals surface area contributed by atoms with E-state index in [0.717, 1.165) is 55.1 Å². The van der Waals surface area contributed by atoms with Crippen LogP contribution < -0.4 is 10.6 Å². The zero-order chi connectivity index (χ0) is 25.0. The van der Waals surface area contributed by atoms with E-state index in [-0.39, 0.29) is 12.5 Å². The number of benzene rings is 2. The number of carbonyl (C=O) groups is 2. The van der Waals surface area contributed by atoms with Crippen molar-refractivity contribution in [3.8, 4) is 6.07 Å². The van der Waals surface area contributed by atoms with Gasteiger partial charge in [-0.2, -0.15) is 5.26 Å². The molecule has 2 fully saturated rings. The van der Waals surface area contributed by atoms with Gasteiger partial charge < -0.3 is 15.5 Å². The topological polar surface area (TPSA) is 88.5 Å². The van der Waals surface area contributed by atoms with E-state index in [2.05, 4.69) is 21.6 Å². The standard InChI is InChI=1S/C26H29F2N5O2/c1-18(16-32-11-9-26(17-29,10-12-32)20-5-3-2-4-6-20)14-30-24(34)33-23(15-31-25(33)35)19-7-8-21(27)22(28)13-19/h2-8,13,18,23H,9-12,14-16H2,1H3,(H,30,34)(H,31,35). The van der Waals surface area contributed by atoms with Crippen LogP contribution in [0.1, 0.15) is 36.9 Å². The van der Waals surface area contributed by atoms with E-state index in [9.17, 15) is 23.6 Å². The lowest BCUT2D eigenvalue weighted by molar-refractivity contribution is 0.161. The first kappa shape index (κ1) is 24.6. The van der Waals surface area contributed by atoms with Crippen LogP contribution in [-0.2, 0) is 5.41 Å². The van der Waals surface area contributed by atoms with Gasteiger partial charge >= 0.3 is 12.1 Å². The summed E-state index contributed by atoms with van der Waals surface area (Å²) in [6.45, 7) is 4.81. The van der Waals surface area contributed by atoms with E-state index in [4.69, 9.17) is 0 Å². The first-order chi connectivity index (χ1) is 16.8. The molecule has 0 aromatic heterocycles. The second kappa shape index (κ2) is 10.4. The number of rotatable bonds is 6. The summed E-state index contributed by atoms with van der Waals surface area (Å²) in [5.74, 6) is -1.90. The van der Waals surface area contributed by atoms with Gasteiger partial charge in [0.2, 0.25) is 0 Å². The first-order valence-electron chi connectivity index (χ1n) is 11.8. The van der Waals surface area contributed by atoms with Gasteiger partial charge in [-0.25, -0.2) is 23.3 Å².